The van der Waals surface area contributed by atoms with Gasteiger partial charge in [-0.25, -0.2) is 0 Å². The Bertz CT molecular complexity index is 433. The zero-order valence-electron chi connectivity index (χ0n) is 13.6. The first-order valence-electron chi connectivity index (χ1n) is 8.31. The number of benzene rings is 1. The average Bonchev–Trinajstić information content (AvgIpc) is 2.44. The number of nitrogens with one attached hydrogen (secondary N) is 1. The second-order valence-electron chi connectivity index (χ2n) is 6.70. The van der Waals surface area contributed by atoms with Crippen LogP contribution in [-0.2, 0) is 6.54 Å². The standard InChI is InChI=1S/C18H29BrN2/c1-4-7-16-13-21(17(11-20-16)10-14(2)3)12-15-8-5-6-9-18(15)19/h5-6,8-9,14,16-17,20H,4,7,10-13H2,1-3H3. The molecule has 0 bridgehead atoms. The first-order chi connectivity index (χ1) is 10.1. The summed E-state index contributed by atoms with van der Waals surface area (Å²) >= 11 is 3.70. The monoisotopic (exact) mass is 352 g/mol. The number of rotatable bonds is 6. The van der Waals surface area contributed by atoms with Crippen LogP contribution >= 0.6 is 15.9 Å². The Morgan fingerprint density at radius 2 is 2.10 bits per heavy atom. The summed E-state index contributed by atoms with van der Waals surface area (Å²) < 4.78 is 1.24. The van der Waals surface area contributed by atoms with Crippen LogP contribution in [0.4, 0.5) is 0 Å². The fourth-order valence-corrected chi connectivity index (χ4v) is 3.70. The predicted octanol–water partition coefficient (Wildman–Crippen LogP) is 4.44. The highest BCUT2D eigenvalue weighted by Gasteiger charge is 2.28. The number of hydrogen-bond donors (Lipinski definition) is 1. The SMILES string of the molecule is CCCC1CN(Cc2ccccc2Br)C(CC(C)C)CN1. The zero-order valence-corrected chi connectivity index (χ0v) is 15.2. The Morgan fingerprint density at radius 1 is 1.33 bits per heavy atom. The normalized spacial score (nSPS) is 23.7. The fourth-order valence-electron chi connectivity index (χ4n) is 3.29. The number of hydrogen-bond acceptors (Lipinski definition) is 2. The van der Waals surface area contributed by atoms with E-state index in [-0.39, 0.29) is 0 Å². The molecule has 1 aromatic rings. The van der Waals surface area contributed by atoms with Crippen LogP contribution in [0.1, 0.15) is 45.6 Å². The Morgan fingerprint density at radius 3 is 2.76 bits per heavy atom. The summed E-state index contributed by atoms with van der Waals surface area (Å²) in [6.45, 7) is 10.3. The molecular formula is C18H29BrN2. The van der Waals surface area contributed by atoms with Gasteiger partial charge in [-0.3, -0.25) is 4.90 Å². The first kappa shape index (κ1) is 17.0. The molecule has 1 aliphatic heterocycles. The van der Waals surface area contributed by atoms with Crippen molar-refractivity contribution in [3.63, 3.8) is 0 Å². The molecule has 0 aliphatic carbocycles. The maximum absolute atomic E-state index is 3.75. The maximum atomic E-state index is 3.75. The van der Waals surface area contributed by atoms with Gasteiger partial charge in [-0.05, 0) is 30.4 Å². The number of halogens is 1. The lowest BCUT2D eigenvalue weighted by molar-refractivity contribution is 0.103. The Hall–Kier alpha value is -0.380. The smallest absolute Gasteiger partial charge is 0.0249 e. The van der Waals surface area contributed by atoms with Crippen molar-refractivity contribution in [3.8, 4) is 0 Å². The largest absolute Gasteiger partial charge is 0.311 e. The van der Waals surface area contributed by atoms with E-state index in [9.17, 15) is 0 Å². The highest BCUT2D eigenvalue weighted by Crippen LogP contribution is 2.23. The van der Waals surface area contributed by atoms with E-state index >= 15 is 0 Å². The molecule has 1 aromatic carbocycles. The second-order valence-corrected chi connectivity index (χ2v) is 7.55. The van der Waals surface area contributed by atoms with Gasteiger partial charge in [0.1, 0.15) is 0 Å². The van der Waals surface area contributed by atoms with Gasteiger partial charge in [0.25, 0.3) is 0 Å². The van der Waals surface area contributed by atoms with Crippen molar-refractivity contribution >= 4 is 15.9 Å². The molecule has 1 fully saturated rings. The quantitative estimate of drug-likeness (QED) is 0.814. The van der Waals surface area contributed by atoms with Crippen molar-refractivity contribution in [2.45, 2.75) is 58.7 Å². The fraction of sp³-hybridized carbons (Fsp3) is 0.667. The third-order valence-corrected chi connectivity index (χ3v) is 5.10. The van der Waals surface area contributed by atoms with Gasteiger partial charge in [-0.1, -0.05) is 61.3 Å². The van der Waals surface area contributed by atoms with Gasteiger partial charge in [0.05, 0.1) is 0 Å². The van der Waals surface area contributed by atoms with E-state index in [0.29, 0.717) is 12.1 Å². The first-order valence-corrected chi connectivity index (χ1v) is 9.10. The molecule has 1 saturated heterocycles. The van der Waals surface area contributed by atoms with Crippen molar-refractivity contribution in [2.75, 3.05) is 13.1 Å². The minimum Gasteiger partial charge on any atom is -0.311 e. The van der Waals surface area contributed by atoms with E-state index in [1.807, 2.05) is 0 Å². The molecular weight excluding hydrogens is 324 g/mol. The summed E-state index contributed by atoms with van der Waals surface area (Å²) in [4.78, 5) is 2.69. The summed E-state index contributed by atoms with van der Waals surface area (Å²) in [5, 5.41) is 3.75. The number of piperazine rings is 1. The molecule has 1 aliphatic rings. The Labute approximate surface area is 138 Å². The molecule has 0 aromatic heterocycles. The van der Waals surface area contributed by atoms with E-state index < -0.39 is 0 Å². The van der Waals surface area contributed by atoms with Gasteiger partial charge in [0, 0.05) is 36.2 Å². The molecule has 0 spiro atoms. The highest BCUT2D eigenvalue weighted by molar-refractivity contribution is 9.10. The Kier molecular flexibility index (Phi) is 6.72. The van der Waals surface area contributed by atoms with E-state index in [1.165, 1.54) is 35.8 Å². The topological polar surface area (TPSA) is 15.3 Å². The average molecular weight is 353 g/mol. The summed E-state index contributed by atoms with van der Waals surface area (Å²) in [7, 11) is 0. The minimum absolute atomic E-state index is 0.654. The lowest BCUT2D eigenvalue weighted by Crippen LogP contribution is -2.56. The molecule has 3 heteroatoms. The molecule has 2 unspecified atom stereocenters. The summed E-state index contributed by atoms with van der Waals surface area (Å²) in [6.07, 6.45) is 3.81. The molecule has 1 heterocycles. The van der Waals surface area contributed by atoms with E-state index in [1.54, 1.807) is 0 Å². The van der Waals surface area contributed by atoms with Crippen LogP contribution in [0, 0.1) is 5.92 Å². The second kappa shape index (κ2) is 8.30. The molecule has 2 atom stereocenters. The van der Waals surface area contributed by atoms with Crippen LogP contribution in [0.3, 0.4) is 0 Å². The van der Waals surface area contributed by atoms with Crippen LogP contribution in [-0.4, -0.2) is 30.1 Å². The number of nitrogens with zero attached hydrogens (tertiary/aromatic N) is 1. The van der Waals surface area contributed by atoms with Gasteiger partial charge >= 0.3 is 0 Å². The third-order valence-electron chi connectivity index (χ3n) is 4.33. The summed E-state index contributed by atoms with van der Waals surface area (Å²) in [6, 6.07) is 9.94. The van der Waals surface area contributed by atoms with Crippen LogP contribution in [0.15, 0.2) is 28.7 Å². The van der Waals surface area contributed by atoms with Gasteiger partial charge in [0.15, 0.2) is 0 Å². The molecule has 0 saturated carbocycles. The highest BCUT2D eigenvalue weighted by atomic mass is 79.9. The van der Waals surface area contributed by atoms with Crippen molar-refractivity contribution in [2.24, 2.45) is 5.92 Å². The van der Waals surface area contributed by atoms with Crippen LogP contribution < -0.4 is 5.32 Å². The molecule has 21 heavy (non-hydrogen) atoms. The van der Waals surface area contributed by atoms with Gasteiger partial charge in [0.2, 0.25) is 0 Å². The molecule has 1 N–H and O–H groups in total. The van der Waals surface area contributed by atoms with Gasteiger partial charge in [-0.2, -0.15) is 0 Å². The van der Waals surface area contributed by atoms with Crippen molar-refractivity contribution in [3.05, 3.63) is 34.3 Å². The molecule has 118 valence electrons. The molecule has 0 radical (unpaired) electrons. The predicted molar refractivity (Wildman–Crippen MR) is 94.5 cm³/mol. The molecule has 2 nitrogen and oxygen atoms in total. The van der Waals surface area contributed by atoms with E-state index in [2.05, 4.69) is 71.2 Å². The van der Waals surface area contributed by atoms with Gasteiger partial charge < -0.3 is 5.32 Å². The van der Waals surface area contributed by atoms with E-state index in [4.69, 9.17) is 0 Å². The third kappa shape index (κ3) is 5.08. The van der Waals surface area contributed by atoms with Crippen molar-refractivity contribution < 1.29 is 0 Å². The van der Waals surface area contributed by atoms with Crippen molar-refractivity contribution in [1.29, 1.82) is 0 Å². The van der Waals surface area contributed by atoms with Crippen LogP contribution in [0.25, 0.3) is 0 Å². The minimum atomic E-state index is 0.654. The molecule has 2 rings (SSSR count). The lowest BCUT2D eigenvalue weighted by atomic mass is 9.97. The van der Waals surface area contributed by atoms with Crippen molar-refractivity contribution in [1.82, 2.24) is 10.2 Å². The molecule has 0 amide bonds. The Balaban J connectivity index is 2.07. The maximum Gasteiger partial charge on any atom is 0.0249 e. The van der Waals surface area contributed by atoms with Gasteiger partial charge in [-0.15, -0.1) is 0 Å². The summed E-state index contributed by atoms with van der Waals surface area (Å²) in [5.41, 5.74) is 1.41. The lowest BCUT2D eigenvalue weighted by Gasteiger charge is -2.41. The van der Waals surface area contributed by atoms with Crippen LogP contribution in [0.2, 0.25) is 0 Å². The van der Waals surface area contributed by atoms with E-state index in [0.717, 1.165) is 19.0 Å². The zero-order chi connectivity index (χ0) is 15.2. The van der Waals surface area contributed by atoms with Crippen LogP contribution in [0.5, 0.6) is 0 Å². The summed E-state index contributed by atoms with van der Waals surface area (Å²) in [5.74, 6) is 0.751.